The fourth-order valence-corrected chi connectivity index (χ4v) is 2.21. The van der Waals surface area contributed by atoms with Gasteiger partial charge in [0.25, 0.3) is 5.56 Å². The predicted octanol–water partition coefficient (Wildman–Crippen LogP) is 1.20. The van der Waals surface area contributed by atoms with Gasteiger partial charge in [-0.3, -0.25) is 4.79 Å². The maximum Gasteiger partial charge on any atom is 0.283 e. The zero-order chi connectivity index (χ0) is 12.8. The molecule has 96 valence electrons. The van der Waals surface area contributed by atoms with Gasteiger partial charge in [0.15, 0.2) is 0 Å². The number of nitrogens with two attached hydrogens (primary N) is 1. The SMILES string of the molecule is CCCn1ncc(N(CC)CCN)c(Br)c1=O. The van der Waals surface area contributed by atoms with Crippen molar-refractivity contribution in [2.75, 3.05) is 24.5 Å². The number of nitrogens with zero attached hydrogens (tertiary/aromatic N) is 3. The van der Waals surface area contributed by atoms with Crippen LogP contribution in [0.5, 0.6) is 0 Å². The van der Waals surface area contributed by atoms with Crippen LogP contribution in [0.15, 0.2) is 15.5 Å². The number of anilines is 1. The highest BCUT2D eigenvalue weighted by molar-refractivity contribution is 9.10. The molecule has 0 radical (unpaired) electrons. The molecule has 5 nitrogen and oxygen atoms in total. The largest absolute Gasteiger partial charge is 0.368 e. The number of likely N-dealkylation sites (N-methyl/N-ethyl adjacent to an activating group) is 1. The Morgan fingerprint density at radius 2 is 2.24 bits per heavy atom. The van der Waals surface area contributed by atoms with Crippen molar-refractivity contribution in [3.63, 3.8) is 0 Å². The van der Waals surface area contributed by atoms with Gasteiger partial charge >= 0.3 is 0 Å². The first kappa shape index (κ1) is 14.2. The molecule has 1 aromatic rings. The molecule has 0 saturated heterocycles. The summed E-state index contributed by atoms with van der Waals surface area (Å²) in [6, 6.07) is 0. The first-order valence-electron chi connectivity index (χ1n) is 5.86. The van der Waals surface area contributed by atoms with Crippen LogP contribution < -0.4 is 16.2 Å². The standard InChI is InChI=1S/C11H19BrN4O/c1-3-6-16-11(17)10(12)9(8-14-16)15(4-2)7-5-13/h8H,3-7,13H2,1-2H3. The second-order valence-corrected chi connectivity index (χ2v) is 4.53. The molecule has 0 spiro atoms. The van der Waals surface area contributed by atoms with E-state index >= 15 is 0 Å². The monoisotopic (exact) mass is 302 g/mol. The summed E-state index contributed by atoms with van der Waals surface area (Å²) >= 11 is 3.36. The predicted molar refractivity (Wildman–Crippen MR) is 73.4 cm³/mol. The molecule has 0 unspecified atom stereocenters. The molecule has 1 aromatic heterocycles. The van der Waals surface area contributed by atoms with Crippen molar-refractivity contribution in [2.24, 2.45) is 5.73 Å². The van der Waals surface area contributed by atoms with Gasteiger partial charge in [0.2, 0.25) is 0 Å². The Balaban J connectivity index is 3.10. The molecule has 17 heavy (non-hydrogen) atoms. The van der Waals surface area contributed by atoms with Gasteiger partial charge in [-0.1, -0.05) is 6.92 Å². The van der Waals surface area contributed by atoms with Gasteiger partial charge in [-0.2, -0.15) is 5.10 Å². The Kier molecular flexibility index (Phi) is 5.64. The first-order chi connectivity index (χ1) is 8.15. The number of rotatable bonds is 6. The summed E-state index contributed by atoms with van der Waals surface area (Å²) in [5.74, 6) is 0. The van der Waals surface area contributed by atoms with E-state index in [1.807, 2.05) is 18.7 Å². The van der Waals surface area contributed by atoms with Crippen molar-refractivity contribution >= 4 is 21.6 Å². The van der Waals surface area contributed by atoms with Crippen molar-refractivity contribution in [1.29, 1.82) is 0 Å². The van der Waals surface area contributed by atoms with Crippen LogP contribution in [0.3, 0.4) is 0 Å². The lowest BCUT2D eigenvalue weighted by atomic mass is 10.3. The van der Waals surface area contributed by atoms with Gasteiger partial charge < -0.3 is 10.6 Å². The van der Waals surface area contributed by atoms with Crippen molar-refractivity contribution in [2.45, 2.75) is 26.8 Å². The van der Waals surface area contributed by atoms with Crippen LogP contribution in [0.2, 0.25) is 0 Å². The Hall–Kier alpha value is -0.880. The average Bonchev–Trinajstić information content (AvgIpc) is 2.33. The molecule has 1 rings (SSSR count). The summed E-state index contributed by atoms with van der Waals surface area (Å²) < 4.78 is 2.04. The van der Waals surface area contributed by atoms with Crippen molar-refractivity contribution in [3.05, 3.63) is 21.0 Å². The molecule has 0 aliphatic rings. The van der Waals surface area contributed by atoms with Gasteiger partial charge in [0.1, 0.15) is 4.47 Å². The van der Waals surface area contributed by atoms with Crippen molar-refractivity contribution in [1.82, 2.24) is 9.78 Å². The highest BCUT2D eigenvalue weighted by Crippen LogP contribution is 2.20. The van der Waals surface area contributed by atoms with E-state index in [-0.39, 0.29) is 5.56 Å². The first-order valence-corrected chi connectivity index (χ1v) is 6.65. The highest BCUT2D eigenvalue weighted by atomic mass is 79.9. The molecule has 0 fully saturated rings. The summed E-state index contributed by atoms with van der Waals surface area (Å²) in [6.07, 6.45) is 2.61. The second kappa shape index (κ2) is 6.76. The molecule has 0 saturated carbocycles. The van der Waals surface area contributed by atoms with Crippen LogP contribution in [-0.2, 0) is 6.54 Å². The van der Waals surface area contributed by atoms with Crippen molar-refractivity contribution in [3.8, 4) is 0 Å². The van der Waals surface area contributed by atoms with E-state index in [2.05, 4.69) is 21.0 Å². The minimum Gasteiger partial charge on any atom is -0.368 e. The zero-order valence-electron chi connectivity index (χ0n) is 10.3. The third-order valence-corrected chi connectivity index (χ3v) is 3.27. The summed E-state index contributed by atoms with van der Waals surface area (Å²) in [6.45, 7) is 6.75. The van der Waals surface area contributed by atoms with Gasteiger partial charge in [-0.15, -0.1) is 0 Å². The number of aryl methyl sites for hydroxylation is 1. The Labute approximate surface area is 110 Å². The van der Waals surface area contributed by atoms with Crippen LogP contribution in [0, 0.1) is 0 Å². The Morgan fingerprint density at radius 1 is 1.53 bits per heavy atom. The van der Waals surface area contributed by atoms with Gasteiger partial charge in [-0.25, -0.2) is 4.68 Å². The number of hydrogen-bond acceptors (Lipinski definition) is 4. The molecule has 0 aromatic carbocycles. The average molecular weight is 303 g/mol. The maximum absolute atomic E-state index is 12.0. The minimum absolute atomic E-state index is 0.0835. The quantitative estimate of drug-likeness (QED) is 0.858. The molecule has 0 amide bonds. The van der Waals surface area contributed by atoms with E-state index < -0.39 is 0 Å². The molecule has 1 heterocycles. The van der Waals surface area contributed by atoms with Crippen LogP contribution in [0.25, 0.3) is 0 Å². The summed E-state index contributed by atoms with van der Waals surface area (Å²) in [7, 11) is 0. The van der Waals surface area contributed by atoms with E-state index in [1.165, 1.54) is 4.68 Å². The third kappa shape index (κ3) is 3.29. The summed E-state index contributed by atoms with van der Waals surface area (Å²) in [4.78, 5) is 14.0. The lowest BCUT2D eigenvalue weighted by molar-refractivity contribution is 0.564. The van der Waals surface area contributed by atoms with Crippen molar-refractivity contribution < 1.29 is 0 Å². The van der Waals surface area contributed by atoms with Crippen LogP contribution in [0.4, 0.5) is 5.69 Å². The van der Waals surface area contributed by atoms with Crippen LogP contribution >= 0.6 is 15.9 Å². The Morgan fingerprint density at radius 3 is 2.76 bits per heavy atom. The number of halogens is 1. The molecular weight excluding hydrogens is 284 g/mol. The molecular formula is C11H19BrN4O. The lowest BCUT2D eigenvalue weighted by Gasteiger charge is -2.23. The van der Waals surface area contributed by atoms with E-state index in [1.54, 1.807) is 6.20 Å². The normalized spacial score (nSPS) is 10.6. The van der Waals surface area contributed by atoms with Crippen LogP contribution in [-0.4, -0.2) is 29.4 Å². The maximum atomic E-state index is 12.0. The topological polar surface area (TPSA) is 64.2 Å². The molecule has 0 atom stereocenters. The molecule has 0 aliphatic carbocycles. The lowest BCUT2D eigenvalue weighted by Crippen LogP contribution is -2.32. The molecule has 2 N–H and O–H groups in total. The van der Waals surface area contributed by atoms with E-state index in [4.69, 9.17) is 5.73 Å². The van der Waals surface area contributed by atoms with E-state index in [9.17, 15) is 4.79 Å². The third-order valence-electron chi connectivity index (χ3n) is 2.52. The minimum atomic E-state index is -0.0835. The van der Waals surface area contributed by atoms with Gasteiger partial charge in [0, 0.05) is 26.2 Å². The fourth-order valence-electron chi connectivity index (χ4n) is 1.65. The van der Waals surface area contributed by atoms with E-state index in [0.717, 1.165) is 18.7 Å². The smallest absolute Gasteiger partial charge is 0.283 e. The molecule has 0 aliphatic heterocycles. The fraction of sp³-hybridized carbons (Fsp3) is 0.636. The second-order valence-electron chi connectivity index (χ2n) is 3.74. The van der Waals surface area contributed by atoms with Gasteiger partial charge in [-0.05, 0) is 29.3 Å². The summed E-state index contributed by atoms with van der Waals surface area (Å²) in [5.41, 5.74) is 6.28. The van der Waals surface area contributed by atoms with Crippen LogP contribution in [0.1, 0.15) is 20.3 Å². The zero-order valence-corrected chi connectivity index (χ0v) is 11.9. The molecule has 6 heteroatoms. The highest BCUT2D eigenvalue weighted by Gasteiger charge is 2.13. The number of hydrogen-bond donors (Lipinski definition) is 1. The Bertz CT molecular complexity index is 418. The van der Waals surface area contributed by atoms with Gasteiger partial charge in [0.05, 0.1) is 11.9 Å². The van der Waals surface area contributed by atoms with E-state index in [0.29, 0.717) is 24.1 Å². The molecule has 0 bridgehead atoms. The number of aromatic nitrogens is 2. The summed E-state index contributed by atoms with van der Waals surface area (Å²) in [5, 5.41) is 4.17.